The minimum atomic E-state index is -0.297. The number of esters is 1. The first-order valence-electron chi connectivity index (χ1n) is 19.6. The van der Waals surface area contributed by atoms with Crippen LogP contribution in [-0.4, -0.2) is 59.3 Å². The zero-order chi connectivity index (χ0) is 32.8. The van der Waals surface area contributed by atoms with Crippen LogP contribution in [0.2, 0.25) is 0 Å². The summed E-state index contributed by atoms with van der Waals surface area (Å²) in [6.45, 7) is 19.0. The average molecular weight is 639 g/mol. The van der Waals surface area contributed by atoms with Gasteiger partial charge in [0.1, 0.15) is 6.10 Å². The lowest BCUT2D eigenvalue weighted by Crippen LogP contribution is -2.63. The summed E-state index contributed by atoms with van der Waals surface area (Å²) in [5.74, 6) is 5.32. The number of β-amino-alcohol motifs (C(OH)–C–C–N with tert-alkyl or cyclic N) is 1. The van der Waals surface area contributed by atoms with E-state index in [0.29, 0.717) is 52.2 Å². The third-order valence-electron chi connectivity index (χ3n) is 16.5. The normalized spacial score (nSPS) is 50.4. The molecule has 6 nitrogen and oxygen atoms in total. The summed E-state index contributed by atoms with van der Waals surface area (Å²) in [7, 11) is 0. The van der Waals surface area contributed by atoms with Gasteiger partial charge in [0.2, 0.25) is 5.91 Å². The van der Waals surface area contributed by atoms with Crippen molar-refractivity contribution in [3.05, 3.63) is 0 Å². The standard InChI is InChI=1S/C40H66N2O4/c1-24-21-29(25(24)2)35(44)46-33-14-18-38(6)30(26(33)3)12-17-39(7)31-13-19-40(16-8-9-32(40)28(31)10-11-34(38)39)36(45)41-37(4,5)23-42-20-15-27(43)22-42/h24-34,43H,8-23H2,1-7H3,(H,41,45)/t24?,25?,26?,27-,28?,29?,30?,31?,32?,33?,34?,38?,39?,40?/m1/s1. The Morgan fingerprint density at radius 2 is 1.59 bits per heavy atom. The van der Waals surface area contributed by atoms with Crippen LogP contribution in [0.15, 0.2) is 0 Å². The lowest BCUT2D eigenvalue weighted by atomic mass is 9.37. The number of nitrogens with one attached hydrogen (secondary N) is 1. The lowest BCUT2D eigenvalue weighted by molar-refractivity contribution is -0.205. The molecule has 6 heteroatoms. The molecule has 0 aromatic carbocycles. The van der Waals surface area contributed by atoms with Gasteiger partial charge in [0.15, 0.2) is 0 Å². The van der Waals surface area contributed by atoms with E-state index in [4.69, 9.17) is 4.74 Å². The Morgan fingerprint density at radius 1 is 0.870 bits per heavy atom. The maximum absolute atomic E-state index is 14.4. The zero-order valence-electron chi connectivity index (χ0n) is 30.3. The maximum atomic E-state index is 14.4. The van der Waals surface area contributed by atoms with Gasteiger partial charge in [0, 0.05) is 25.2 Å². The highest BCUT2D eigenvalue weighted by Gasteiger charge is 2.66. The minimum Gasteiger partial charge on any atom is -0.462 e. The molecular formula is C40H66N2O4. The number of hydrogen-bond acceptors (Lipinski definition) is 5. The highest BCUT2D eigenvalue weighted by atomic mass is 16.5. The first-order chi connectivity index (χ1) is 21.7. The van der Waals surface area contributed by atoms with Crippen LogP contribution in [0.5, 0.6) is 0 Å². The molecule has 7 rings (SSSR count). The number of ether oxygens (including phenoxy) is 1. The van der Waals surface area contributed by atoms with Crippen molar-refractivity contribution in [2.24, 2.45) is 69.5 Å². The molecule has 7 aliphatic rings. The first-order valence-corrected chi connectivity index (χ1v) is 19.6. The fourth-order valence-corrected chi connectivity index (χ4v) is 13.9. The molecule has 1 amide bonds. The Bertz CT molecular complexity index is 1190. The third-order valence-corrected chi connectivity index (χ3v) is 16.5. The summed E-state index contributed by atoms with van der Waals surface area (Å²) in [6.07, 6.45) is 14.8. The zero-order valence-corrected chi connectivity index (χ0v) is 30.3. The molecule has 14 atom stereocenters. The number of nitrogens with zero attached hydrogens (tertiary/aromatic N) is 1. The number of aliphatic hydroxyl groups is 1. The number of likely N-dealkylation sites (tertiary alicyclic amines) is 1. The predicted molar refractivity (Wildman–Crippen MR) is 182 cm³/mol. The topological polar surface area (TPSA) is 78.9 Å². The average Bonchev–Trinajstić information content (AvgIpc) is 3.63. The number of carbonyl (C=O) groups excluding carboxylic acids is 2. The monoisotopic (exact) mass is 639 g/mol. The fraction of sp³-hybridized carbons (Fsp3) is 0.950. The highest BCUT2D eigenvalue weighted by molar-refractivity contribution is 5.84. The van der Waals surface area contributed by atoms with Crippen LogP contribution in [0.4, 0.5) is 0 Å². The number of rotatable bonds is 6. The van der Waals surface area contributed by atoms with E-state index in [2.05, 4.69) is 58.7 Å². The van der Waals surface area contributed by atoms with Gasteiger partial charge in [-0.2, -0.15) is 0 Å². The second-order valence-electron chi connectivity index (χ2n) is 19.3. The molecule has 6 saturated carbocycles. The molecule has 0 spiro atoms. The molecule has 0 bridgehead atoms. The van der Waals surface area contributed by atoms with Gasteiger partial charge < -0.3 is 15.2 Å². The highest BCUT2D eigenvalue weighted by Crippen LogP contribution is 2.72. The lowest BCUT2D eigenvalue weighted by Gasteiger charge is -2.67. The Labute approximate surface area is 279 Å². The second kappa shape index (κ2) is 11.7. The molecular weight excluding hydrogens is 572 g/mol. The van der Waals surface area contributed by atoms with Crippen molar-refractivity contribution in [1.82, 2.24) is 10.2 Å². The van der Waals surface area contributed by atoms with Gasteiger partial charge in [-0.05, 0) is 149 Å². The molecule has 0 radical (unpaired) electrons. The van der Waals surface area contributed by atoms with Crippen LogP contribution in [-0.2, 0) is 14.3 Å². The maximum Gasteiger partial charge on any atom is 0.309 e. The van der Waals surface area contributed by atoms with Gasteiger partial charge in [-0.1, -0.05) is 41.0 Å². The summed E-state index contributed by atoms with van der Waals surface area (Å²) in [4.78, 5) is 29.8. The molecule has 1 saturated heterocycles. The molecule has 7 fully saturated rings. The molecule has 13 unspecified atom stereocenters. The summed E-state index contributed by atoms with van der Waals surface area (Å²) in [5.41, 5.74) is 0.164. The van der Waals surface area contributed by atoms with Crippen LogP contribution in [0, 0.1) is 69.5 Å². The predicted octanol–water partition coefficient (Wildman–Crippen LogP) is 7.23. The SMILES string of the molecule is CC1CC(C(=O)OC2CCC3(C)C(CCC4(C)C5CCC6(C(=O)NC(C)(C)CN7CC[C@@H](O)C7)CCCC6C5CCC34)C2C)C1C. The number of carbonyl (C=O) groups is 2. The summed E-state index contributed by atoms with van der Waals surface area (Å²) >= 11 is 0. The van der Waals surface area contributed by atoms with E-state index in [-0.39, 0.29) is 35.0 Å². The van der Waals surface area contributed by atoms with Crippen LogP contribution < -0.4 is 5.32 Å². The number of aliphatic hydroxyl groups excluding tert-OH is 1. The summed E-state index contributed by atoms with van der Waals surface area (Å²) < 4.78 is 6.33. The van der Waals surface area contributed by atoms with Crippen LogP contribution >= 0.6 is 0 Å². The van der Waals surface area contributed by atoms with E-state index >= 15 is 0 Å². The van der Waals surface area contributed by atoms with Gasteiger partial charge in [-0.3, -0.25) is 14.5 Å². The number of hydrogen-bond donors (Lipinski definition) is 2. The van der Waals surface area contributed by atoms with Crippen molar-refractivity contribution in [3.8, 4) is 0 Å². The van der Waals surface area contributed by atoms with Crippen molar-refractivity contribution in [2.75, 3.05) is 19.6 Å². The first kappa shape index (κ1) is 33.4. The minimum absolute atomic E-state index is 0.0803. The Hall–Kier alpha value is -1.14. The van der Waals surface area contributed by atoms with Gasteiger partial charge >= 0.3 is 5.97 Å². The molecule has 1 aliphatic heterocycles. The molecule has 1 heterocycles. The quantitative estimate of drug-likeness (QED) is 0.300. The van der Waals surface area contributed by atoms with Gasteiger partial charge in [0.05, 0.1) is 17.4 Å². The second-order valence-corrected chi connectivity index (χ2v) is 19.3. The van der Waals surface area contributed by atoms with Crippen molar-refractivity contribution < 1.29 is 19.4 Å². The molecule has 2 N–H and O–H groups in total. The Kier molecular flexibility index (Phi) is 8.51. The van der Waals surface area contributed by atoms with E-state index in [1.54, 1.807) is 0 Å². The van der Waals surface area contributed by atoms with Crippen molar-refractivity contribution in [1.29, 1.82) is 0 Å². The van der Waals surface area contributed by atoms with Crippen molar-refractivity contribution >= 4 is 11.9 Å². The smallest absolute Gasteiger partial charge is 0.309 e. The van der Waals surface area contributed by atoms with E-state index in [1.807, 2.05) is 0 Å². The molecule has 0 aromatic rings. The molecule has 46 heavy (non-hydrogen) atoms. The molecule has 0 aromatic heterocycles. The Morgan fingerprint density at radius 3 is 2.28 bits per heavy atom. The number of fused-ring (bicyclic) bond motifs is 7. The van der Waals surface area contributed by atoms with E-state index in [9.17, 15) is 14.7 Å². The van der Waals surface area contributed by atoms with Crippen LogP contribution in [0.3, 0.4) is 0 Å². The largest absolute Gasteiger partial charge is 0.462 e. The molecule has 6 aliphatic carbocycles. The summed E-state index contributed by atoms with van der Waals surface area (Å²) in [6, 6.07) is 0. The van der Waals surface area contributed by atoms with Gasteiger partial charge in [-0.25, -0.2) is 0 Å². The summed E-state index contributed by atoms with van der Waals surface area (Å²) in [5, 5.41) is 13.6. The van der Waals surface area contributed by atoms with Crippen molar-refractivity contribution in [2.45, 2.75) is 150 Å². The van der Waals surface area contributed by atoms with Gasteiger partial charge in [-0.15, -0.1) is 0 Å². The number of amides is 1. The van der Waals surface area contributed by atoms with Crippen molar-refractivity contribution in [3.63, 3.8) is 0 Å². The molecule has 260 valence electrons. The third kappa shape index (κ3) is 5.23. The van der Waals surface area contributed by atoms with Gasteiger partial charge in [0.25, 0.3) is 0 Å². The Balaban J connectivity index is 1.03. The fourth-order valence-electron chi connectivity index (χ4n) is 13.9. The van der Waals surface area contributed by atoms with Crippen LogP contribution in [0.1, 0.15) is 132 Å². The van der Waals surface area contributed by atoms with E-state index < -0.39 is 0 Å². The van der Waals surface area contributed by atoms with E-state index in [0.717, 1.165) is 63.6 Å². The van der Waals surface area contributed by atoms with Crippen LogP contribution in [0.25, 0.3) is 0 Å². The van der Waals surface area contributed by atoms with E-state index in [1.165, 1.54) is 51.4 Å².